The van der Waals surface area contributed by atoms with Gasteiger partial charge in [0.1, 0.15) is 5.82 Å². The Morgan fingerprint density at radius 2 is 2.13 bits per heavy atom. The van der Waals surface area contributed by atoms with Crippen molar-refractivity contribution in [3.8, 4) is 11.4 Å². The molecule has 0 fully saturated rings. The summed E-state index contributed by atoms with van der Waals surface area (Å²) in [5.74, 6) is 0.911. The van der Waals surface area contributed by atoms with E-state index < -0.39 is 0 Å². The number of imidazole rings is 1. The Labute approximate surface area is 102 Å². The molecule has 1 heterocycles. The summed E-state index contributed by atoms with van der Waals surface area (Å²) in [5.41, 5.74) is 1.11. The zero-order valence-electron chi connectivity index (χ0n) is 8.10. The monoisotopic (exact) mass is 314 g/mol. The van der Waals surface area contributed by atoms with Crippen molar-refractivity contribution in [2.75, 3.05) is 6.61 Å². The van der Waals surface area contributed by atoms with Crippen LogP contribution in [0.5, 0.6) is 0 Å². The maximum atomic E-state index is 8.93. The summed E-state index contributed by atoms with van der Waals surface area (Å²) in [5, 5.41) is 8.93. The minimum atomic E-state index is 0.132. The molecule has 3 nitrogen and oxygen atoms in total. The van der Waals surface area contributed by atoms with Crippen LogP contribution in [0, 0.1) is 3.57 Å². The van der Waals surface area contributed by atoms with Crippen LogP contribution in [-0.2, 0) is 6.54 Å². The molecule has 0 aliphatic carbocycles. The SMILES string of the molecule is OCCn1ccnc1-c1ccccc1I. The van der Waals surface area contributed by atoms with E-state index in [0.29, 0.717) is 6.54 Å². The van der Waals surface area contributed by atoms with E-state index in [1.165, 1.54) is 3.57 Å². The normalized spacial score (nSPS) is 10.5. The fourth-order valence-electron chi connectivity index (χ4n) is 1.48. The summed E-state index contributed by atoms with van der Waals surface area (Å²) in [4.78, 5) is 4.31. The van der Waals surface area contributed by atoms with E-state index in [0.717, 1.165) is 11.4 Å². The van der Waals surface area contributed by atoms with Crippen molar-refractivity contribution in [1.82, 2.24) is 9.55 Å². The molecule has 4 heteroatoms. The summed E-state index contributed by atoms with van der Waals surface area (Å²) >= 11 is 2.29. The second kappa shape index (κ2) is 4.76. The molecule has 0 unspecified atom stereocenters. The highest BCUT2D eigenvalue weighted by atomic mass is 127. The van der Waals surface area contributed by atoms with Crippen LogP contribution in [0.3, 0.4) is 0 Å². The smallest absolute Gasteiger partial charge is 0.141 e. The van der Waals surface area contributed by atoms with Gasteiger partial charge in [0, 0.05) is 28.1 Å². The molecule has 0 saturated carbocycles. The Bertz CT molecular complexity index is 453. The summed E-state index contributed by atoms with van der Waals surface area (Å²) < 4.78 is 3.12. The topological polar surface area (TPSA) is 38.0 Å². The number of halogens is 1. The van der Waals surface area contributed by atoms with Gasteiger partial charge >= 0.3 is 0 Å². The van der Waals surface area contributed by atoms with Gasteiger partial charge in [-0.15, -0.1) is 0 Å². The van der Waals surface area contributed by atoms with E-state index in [1.807, 2.05) is 35.0 Å². The predicted molar refractivity (Wildman–Crippen MR) is 67.5 cm³/mol. The van der Waals surface area contributed by atoms with Gasteiger partial charge in [-0.2, -0.15) is 0 Å². The summed E-state index contributed by atoms with van der Waals surface area (Å²) in [6.45, 7) is 0.715. The van der Waals surface area contributed by atoms with Gasteiger partial charge in [0.2, 0.25) is 0 Å². The number of hydrogen-bond donors (Lipinski definition) is 1. The number of nitrogens with zero attached hydrogens (tertiary/aromatic N) is 2. The Morgan fingerprint density at radius 3 is 2.87 bits per heavy atom. The molecular formula is C11H11IN2O. The number of aromatic nitrogens is 2. The summed E-state index contributed by atoms with van der Waals surface area (Å²) in [7, 11) is 0. The van der Waals surface area contributed by atoms with Gasteiger partial charge in [-0.1, -0.05) is 18.2 Å². The molecule has 0 saturated heterocycles. The minimum absolute atomic E-state index is 0.132. The molecular weight excluding hydrogens is 303 g/mol. The lowest BCUT2D eigenvalue weighted by Gasteiger charge is -2.07. The maximum Gasteiger partial charge on any atom is 0.141 e. The fourth-order valence-corrected chi connectivity index (χ4v) is 2.11. The fraction of sp³-hybridized carbons (Fsp3) is 0.182. The molecule has 0 aliphatic heterocycles. The first kappa shape index (κ1) is 10.6. The standard InChI is InChI=1S/C11H11IN2O/c12-10-4-2-1-3-9(10)11-13-5-6-14(11)7-8-15/h1-6,15H,7-8H2. The van der Waals surface area contributed by atoms with Crippen LogP contribution < -0.4 is 0 Å². The van der Waals surface area contributed by atoms with Crippen molar-refractivity contribution in [2.24, 2.45) is 0 Å². The first-order valence-electron chi connectivity index (χ1n) is 4.70. The zero-order chi connectivity index (χ0) is 10.7. The lowest BCUT2D eigenvalue weighted by Crippen LogP contribution is -2.03. The summed E-state index contributed by atoms with van der Waals surface area (Å²) in [6.07, 6.45) is 3.64. The van der Waals surface area contributed by atoms with Crippen molar-refractivity contribution >= 4 is 22.6 Å². The number of aliphatic hydroxyl groups excluding tert-OH is 1. The third-order valence-corrected chi connectivity index (χ3v) is 3.11. The highest BCUT2D eigenvalue weighted by molar-refractivity contribution is 14.1. The molecule has 0 amide bonds. The van der Waals surface area contributed by atoms with Gasteiger partial charge in [0.05, 0.1) is 6.61 Å². The number of rotatable bonds is 3. The highest BCUT2D eigenvalue weighted by Gasteiger charge is 2.07. The molecule has 0 radical (unpaired) electrons. The Balaban J connectivity index is 2.45. The molecule has 2 rings (SSSR count). The molecule has 0 spiro atoms. The highest BCUT2D eigenvalue weighted by Crippen LogP contribution is 2.23. The van der Waals surface area contributed by atoms with Crippen LogP contribution in [0.1, 0.15) is 0 Å². The molecule has 1 aromatic carbocycles. The molecule has 1 aromatic heterocycles. The van der Waals surface area contributed by atoms with E-state index >= 15 is 0 Å². The summed E-state index contributed by atoms with van der Waals surface area (Å²) in [6, 6.07) is 8.09. The average molecular weight is 314 g/mol. The van der Waals surface area contributed by atoms with Gasteiger partial charge in [0.15, 0.2) is 0 Å². The zero-order valence-corrected chi connectivity index (χ0v) is 10.3. The van der Waals surface area contributed by atoms with Gasteiger partial charge in [-0.05, 0) is 28.7 Å². The molecule has 2 aromatic rings. The molecule has 78 valence electrons. The number of hydrogen-bond acceptors (Lipinski definition) is 2. The Morgan fingerprint density at radius 1 is 1.33 bits per heavy atom. The van der Waals surface area contributed by atoms with E-state index in [9.17, 15) is 0 Å². The van der Waals surface area contributed by atoms with Crippen molar-refractivity contribution < 1.29 is 5.11 Å². The van der Waals surface area contributed by atoms with Crippen molar-refractivity contribution in [3.05, 3.63) is 40.2 Å². The van der Waals surface area contributed by atoms with E-state index in [2.05, 4.69) is 27.6 Å². The van der Waals surface area contributed by atoms with Crippen LogP contribution in [0.15, 0.2) is 36.7 Å². The third-order valence-electron chi connectivity index (χ3n) is 2.17. The first-order chi connectivity index (χ1) is 7.33. The molecule has 0 atom stereocenters. The van der Waals surface area contributed by atoms with Gasteiger partial charge in [-0.3, -0.25) is 0 Å². The lowest BCUT2D eigenvalue weighted by molar-refractivity contribution is 0.276. The van der Waals surface area contributed by atoms with Crippen LogP contribution in [0.4, 0.5) is 0 Å². The van der Waals surface area contributed by atoms with Crippen molar-refractivity contribution in [3.63, 3.8) is 0 Å². The van der Waals surface area contributed by atoms with Crippen LogP contribution >= 0.6 is 22.6 Å². The largest absolute Gasteiger partial charge is 0.395 e. The number of aliphatic hydroxyl groups is 1. The van der Waals surface area contributed by atoms with E-state index in [-0.39, 0.29) is 6.61 Å². The lowest BCUT2D eigenvalue weighted by atomic mass is 10.2. The van der Waals surface area contributed by atoms with Crippen molar-refractivity contribution in [2.45, 2.75) is 6.54 Å². The second-order valence-corrected chi connectivity index (χ2v) is 4.31. The van der Waals surface area contributed by atoms with Crippen molar-refractivity contribution in [1.29, 1.82) is 0 Å². The Hall–Kier alpha value is -0.880. The number of benzene rings is 1. The average Bonchev–Trinajstić information content (AvgIpc) is 2.67. The minimum Gasteiger partial charge on any atom is -0.395 e. The van der Waals surface area contributed by atoms with Crippen LogP contribution in [0.25, 0.3) is 11.4 Å². The second-order valence-electron chi connectivity index (χ2n) is 3.15. The predicted octanol–water partition coefficient (Wildman–Crippen LogP) is 2.15. The molecule has 1 N–H and O–H groups in total. The third kappa shape index (κ3) is 2.21. The first-order valence-corrected chi connectivity index (χ1v) is 5.77. The van der Waals surface area contributed by atoms with E-state index in [1.54, 1.807) is 6.20 Å². The Kier molecular flexibility index (Phi) is 3.37. The molecule has 15 heavy (non-hydrogen) atoms. The maximum absolute atomic E-state index is 8.93. The van der Waals surface area contributed by atoms with Gasteiger partial charge < -0.3 is 9.67 Å². The quantitative estimate of drug-likeness (QED) is 0.882. The van der Waals surface area contributed by atoms with E-state index in [4.69, 9.17) is 5.11 Å². The molecule has 0 bridgehead atoms. The molecule has 0 aliphatic rings. The van der Waals surface area contributed by atoms with Gasteiger partial charge in [-0.25, -0.2) is 4.98 Å². The van der Waals surface area contributed by atoms with Crippen LogP contribution in [0.2, 0.25) is 0 Å². The van der Waals surface area contributed by atoms with Gasteiger partial charge in [0.25, 0.3) is 0 Å². The van der Waals surface area contributed by atoms with Crippen LogP contribution in [-0.4, -0.2) is 21.3 Å².